The number of hydrogen-bond acceptors (Lipinski definition) is 5. The maximum Gasteiger partial charge on any atom is 0.236 e. The maximum atomic E-state index is 12.6. The second-order valence-corrected chi connectivity index (χ2v) is 6.32. The molecule has 3 rings (SSSR count). The normalized spacial score (nSPS) is 21.8. The predicted octanol–water partition coefficient (Wildman–Crippen LogP) is 1.35. The van der Waals surface area contributed by atoms with Gasteiger partial charge in [-0.05, 0) is 24.6 Å². The number of rotatable bonds is 5. The van der Waals surface area contributed by atoms with Crippen LogP contribution in [0.15, 0.2) is 18.2 Å². The van der Waals surface area contributed by atoms with Crippen molar-refractivity contribution in [3.63, 3.8) is 0 Å². The van der Waals surface area contributed by atoms with E-state index < -0.39 is 0 Å². The number of hydrogen-bond donors (Lipinski definition) is 0. The number of amides is 1. The Bertz CT molecular complexity index is 572. The minimum absolute atomic E-state index is 0.210. The van der Waals surface area contributed by atoms with Gasteiger partial charge in [-0.1, -0.05) is 0 Å². The molecule has 24 heavy (non-hydrogen) atoms. The Morgan fingerprint density at radius 1 is 1.21 bits per heavy atom. The van der Waals surface area contributed by atoms with Gasteiger partial charge in [-0.2, -0.15) is 0 Å². The van der Waals surface area contributed by atoms with Gasteiger partial charge in [0.15, 0.2) is 0 Å². The van der Waals surface area contributed by atoms with Crippen molar-refractivity contribution >= 4 is 5.91 Å². The zero-order valence-electron chi connectivity index (χ0n) is 14.5. The van der Waals surface area contributed by atoms with Gasteiger partial charge in [-0.3, -0.25) is 9.69 Å². The summed E-state index contributed by atoms with van der Waals surface area (Å²) < 4.78 is 16.2. The molecule has 0 bridgehead atoms. The van der Waals surface area contributed by atoms with E-state index >= 15 is 0 Å². The monoisotopic (exact) mass is 334 g/mol. The molecular formula is C18H26N2O4. The summed E-state index contributed by atoms with van der Waals surface area (Å²) in [7, 11) is 3.35. The second kappa shape index (κ2) is 7.85. The fraction of sp³-hybridized carbons (Fsp3) is 0.611. The van der Waals surface area contributed by atoms with Crippen LogP contribution in [0.1, 0.15) is 17.9 Å². The van der Waals surface area contributed by atoms with Crippen LogP contribution in [-0.4, -0.2) is 75.9 Å². The summed E-state index contributed by atoms with van der Waals surface area (Å²) >= 11 is 0. The van der Waals surface area contributed by atoms with Crippen LogP contribution in [0.5, 0.6) is 11.5 Å². The molecule has 2 saturated heterocycles. The zero-order chi connectivity index (χ0) is 16.9. The molecule has 0 spiro atoms. The van der Waals surface area contributed by atoms with Crippen molar-refractivity contribution in [1.82, 2.24) is 9.80 Å². The molecule has 2 aliphatic rings. The molecule has 2 heterocycles. The Labute approximate surface area is 143 Å². The van der Waals surface area contributed by atoms with Crippen LogP contribution in [0, 0.1) is 0 Å². The number of benzene rings is 1. The van der Waals surface area contributed by atoms with Gasteiger partial charge in [0, 0.05) is 37.7 Å². The highest BCUT2D eigenvalue weighted by Crippen LogP contribution is 2.36. The molecule has 0 unspecified atom stereocenters. The van der Waals surface area contributed by atoms with Crippen LogP contribution in [0.4, 0.5) is 0 Å². The molecule has 0 radical (unpaired) electrons. The zero-order valence-corrected chi connectivity index (χ0v) is 14.5. The predicted molar refractivity (Wildman–Crippen MR) is 90.7 cm³/mol. The van der Waals surface area contributed by atoms with Gasteiger partial charge in [0.05, 0.1) is 34.0 Å². The van der Waals surface area contributed by atoms with Crippen molar-refractivity contribution < 1.29 is 19.0 Å². The number of carbonyl (C=O) groups is 1. The first-order chi connectivity index (χ1) is 11.7. The van der Waals surface area contributed by atoms with Crippen molar-refractivity contribution in [2.45, 2.75) is 12.3 Å². The van der Waals surface area contributed by atoms with E-state index in [2.05, 4.69) is 4.90 Å². The van der Waals surface area contributed by atoms with Crippen molar-refractivity contribution in [2.24, 2.45) is 0 Å². The minimum Gasteiger partial charge on any atom is -0.497 e. The van der Waals surface area contributed by atoms with Crippen LogP contribution in [0.25, 0.3) is 0 Å². The van der Waals surface area contributed by atoms with E-state index in [1.807, 2.05) is 23.1 Å². The summed E-state index contributed by atoms with van der Waals surface area (Å²) in [4.78, 5) is 16.7. The summed E-state index contributed by atoms with van der Waals surface area (Å²) in [5, 5.41) is 0. The molecule has 0 saturated carbocycles. The van der Waals surface area contributed by atoms with E-state index in [0.717, 1.165) is 62.9 Å². The molecule has 2 aliphatic heterocycles. The molecule has 0 aliphatic carbocycles. The van der Waals surface area contributed by atoms with Gasteiger partial charge in [-0.25, -0.2) is 0 Å². The quantitative estimate of drug-likeness (QED) is 0.814. The summed E-state index contributed by atoms with van der Waals surface area (Å²) in [6.45, 7) is 5.15. The highest BCUT2D eigenvalue weighted by molar-refractivity contribution is 5.78. The molecule has 0 N–H and O–H groups in total. The van der Waals surface area contributed by atoms with Gasteiger partial charge < -0.3 is 19.1 Å². The Kier molecular flexibility index (Phi) is 5.58. The van der Waals surface area contributed by atoms with Crippen LogP contribution in [-0.2, 0) is 9.53 Å². The highest BCUT2D eigenvalue weighted by atomic mass is 16.5. The minimum atomic E-state index is 0.210. The number of carbonyl (C=O) groups excluding carboxylic acids is 1. The summed E-state index contributed by atoms with van der Waals surface area (Å²) in [6.07, 6.45) is 0.957. The number of likely N-dealkylation sites (tertiary alicyclic amines) is 1. The molecule has 6 heteroatoms. The number of methoxy groups -OCH3 is 2. The number of morpholine rings is 1. The van der Waals surface area contributed by atoms with Crippen LogP contribution >= 0.6 is 0 Å². The van der Waals surface area contributed by atoms with Crippen LogP contribution < -0.4 is 9.47 Å². The fourth-order valence-corrected chi connectivity index (χ4v) is 3.45. The van der Waals surface area contributed by atoms with E-state index in [1.54, 1.807) is 14.2 Å². The highest BCUT2D eigenvalue weighted by Gasteiger charge is 2.30. The first-order valence-corrected chi connectivity index (χ1v) is 8.51. The molecular weight excluding hydrogens is 308 g/mol. The van der Waals surface area contributed by atoms with Crippen LogP contribution in [0.2, 0.25) is 0 Å². The lowest BCUT2D eigenvalue weighted by Gasteiger charge is -2.28. The fourth-order valence-electron chi connectivity index (χ4n) is 3.45. The summed E-state index contributed by atoms with van der Waals surface area (Å²) in [6, 6.07) is 5.87. The van der Waals surface area contributed by atoms with E-state index in [9.17, 15) is 4.79 Å². The van der Waals surface area contributed by atoms with Crippen molar-refractivity contribution in [3.05, 3.63) is 23.8 Å². The Hall–Kier alpha value is -1.79. The molecule has 2 fully saturated rings. The number of ether oxygens (including phenoxy) is 3. The molecule has 1 aromatic carbocycles. The second-order valence-electron chi connectivity index (χ2n) is 6.32. The molecule has 1 atom stereocenters. The van der Waals surface area contributed by atoms with E-state index in [0.29, 0.717) is 12.5 Å². The van der Waals surface area contributed by atoms with Crippen molar-refractivity contribution in [3.8, 4) is 11.5 Å². The van der Waals surface area contributed by atoms with Gasteiger partial charge in [0.2, 0.25) is 5.91 Å². The largest absolute Gasteiger partial charge is 0.497 e. The molecule has 1 amide bonds. The average molecular weight is 334 g/mol. The lowest BCUT2D eigenvalue weighted by atomic mass is 9.97. The topological polar surface area (TPSA) is 51.2 Å². The molecule has 6 nitrogen and oxygen atoms in total. The molecule has 0 aromatic heterocycles. The SMILES string of the molecule is COc1ccc(OC)c([C@@H]2CCN(C(=O)CN3CCOCC3)C2)c1. The summed E-state index contributed by atoms with van der Waals surface area (Å²) in [5.41, 5.74) is 1.12. The first kappa shape index (κ1) is 17.0. The molecule has 1 aromatic rings. The van der Waals surface area contributed by atoms with Crippen molar-refractivity contribution in [1.29, 1.82) is 0 Å². The van der Waals surface area contributed by atoms with E-state index in [1.165, 1.54) is 0 Å². The van der Waals surface area contributed by atoms with Gasteiger partial charge >= 0.3 is 0 Å². The van der Waals surface area contributed by atoms with Gasteiger partial charge in [-0.15, -0.1) is 0 Å². The first-order valence-electron chi connectivity index (χ1n) is 8.51. The van der Waals surface area contributed by atoms with E-state index in [-0.39, 0.29) is 5.91 Å². The lowest BCUT2D eigenvalue weighted by molar-refractivity contribution is -0.132. The third kappa shape index (κ3) is 3.82. The lowest BCUT2D eigenvalue weighted by Crippen LogP contribution is -2.44. The van der Waals surface area contributed by atoms with Gasteiger partial charge in [0.25, 0.3) is 0 Å². The third-order valence-electron chi connectivity index (χ3n) is 4.88. The Morgan fingerprint density at radius 3 is 2.71 bits per heavy atom. The summed E-state index contributed by atoms with van der Waals surface area (Å²) in [5.74, 6) is 2.19. The smallest absolute Gasteiger partial charge is 0.236 e. The van der Waals surface area contributed by atoms with Crippen molar-refractivity contribution in [2.75, 3.05) is 60.2 Å². The molecule has 132 valence electrons. The average Bonchev–Trinajstić information content (AvgIpc) is 3.12. The van der Waals surface area contributed by atoms with Gasteiger partial charge in [0.1, 0.15) is 11.5 Å². The maximum absolute atomic E-state index is 12.6. The Morgan fingerprint density at radius 2 is 2.00 bits per heavy atom. The third-order valence-corrected chi connectivity index (χ3v) is 4.88. The Balaban J connectivity index is 1.63. The van der Waals surface area contributed by atoms with E-state index in [4.69, 9.17) is 14.2 Å². The standard InChI is InChI=1S/C18H26N2O4/c1-22-15-3-4-17(23-2)16(11-15)14-5-6-20(12-14)18(21)13-19-7-9-24-10-8-19/h3-4,11,14H,5-10,12-13H2,1-2H3/t14-/m1/s1. The van der Waals surface area contributed by atoms with Crippen LogP contribution in [0.3, 0.4) is 0 Å². The number of nitrogens with zero attached hydrogens (tertiary/aromatic N) is 2.